The molecule has 2 unspecified atom stereocenters. The van der Waals surface area contributed by atoms with Gasteiger partial charge in [0.05, 0.1) is 24.7 Å². The number of ether oxygens (including phenoxy) is 2. The summed E-state index contributed by atoms with van der Waals surface area (Å²) in [6, 6.07) is 6.11. The predicted molar refractivity (Wildman–Crippen MR) is 86.1 cm³/mol. The van der Waals surface area contributed by atoms with Crippen LogP contribution < -0.4 is 10.1 Å². The van der Waals surface area contributed by atoms with Gasteiger partial charge in [0.1, 0.15) is 5.75 Å². The molecule has 1 aromatic rings. The van der Waals surface area contributed by atoms with Crippen molar-refractivity contribution in [3.63, 3.8) is 0 Å². The minimum atomic E-state index is -0.912. The number of hydrogen-bond acceptors (Lipinski definition) is 4. The normalized spacial score (nSPS) is 19.6. The van der Waals surface area contributed by atoms with Crippen LogP contribution in [-0.2, 0) is 27.8 Å². The summed E-state index contributed by atoms with van der Waals surface area (Å²) in [4.78, 5) is 0. The Labute approximate surface area is 129 Å². The molecule has 1 aromatic carbocycles. The molecule has 0 bridgehead atoms. The van der Waals surface area contributed by atoms with E-state index >= 15 is 0 Å². The Bertz CT molecular complexity index is 473. The molecular weight excluding hydrogens is 286 g/mol. The summed E-state index contributed by atoms with van der Waals surface area (Å²) in [6.45, 7) is 4.66. The van der Waals surface area contributed by atoms with Gasteiger partial charge in [-0.3, -0.25) is 4.21 Å². The second kappa shape index (κ2) is 8.51. The van der Waals surface area contributed by atoms with Gasteiger partial charge >= 0.3 is 0 Å². The Hall–Kier alpha value is -0.910. The molecule has 1 fully saturated rings. The third-order valence-electron chi connectivity index (χ3n) is 3.64. The monoisotopic (exact) mass is 311 g/mol. The highest BCUT2D eigenvalue weighted by molar-refractivity contribution is 7.84. The molecule has 0 saturated carbocycles. The highest BCUT2D eigenvalue weighted by Crippen LogP contribution is 2.23. The molecule has 21 heavy (non-hydrogen) atoms. The molecule has 4 nitrogen and oxygen atoms in total. The van der Waals surface area contributed by atoms with Crippen LogP contribution >= 0.6 is 0 Å². The second-order valence-corrected chi connectivity index (χ2v) is 6.81. The van der Waals surface area contributed by atoms with Crippen LogP contribution in [0.5, 0.6) is 5.75 Å². The van der Waals surface area contributed by atoms with Crippen molar-refractivity contribution in [2.75, 3.05) is 26.0 Å². The third-order valence-corrected chi connectivity index (χ3v) is 5.01. The Morgan fingerprint density at radius 1 is 1.48 bits per heavy atom. The van der Waals surface area contributed by atoms with Gasteiger partial charge in [-0.25, -0.2) is 0 Å². The van der Waals surface area contributed by atoms with Crippen molar-refractivity contribution in [2.24, 2.45) is 0 Å². The van der Waals surface area contributed by atoms with E-state index in [0.29, 0.717) is 11.5 Å². The summed E-state index contributed by atoms with van der Waals surface area (Å²) in [5.41, 5.74) is 2.21. The first-order chi connectivity index (χ1) is 10.2. The fourth-order valence-electron chi connectivity index (χ4n) is 2.54. The summed E-state index contributed by atoms with van der Waals surface area (Å²) in [6.07, 6.45) is 2.29. The van der Waals surface area contributed by atoms with Crippen molar-refractivity contribution in [3.05, 3.63) is 29.3 Å². The molecule has 2 rings (SSSR count). The van der Waals surface area contributed by atoms with Gasteiger partial charge in [0.15, 0.2) is 0 Å². The van der Waals surface area contributed by atoms with Crippen LogP contribution in [0.15, 0.2) is 18.2 Å². The SMILES string of the molecule is CCNCc1ccc(OC)c(CS(=O)CC2CCCO2)c1. The minimum absolute atomic E-state index is 0.168. The Morgan fingerprint density at radius 2 is 2.33 bits per heavy atom. The molecular formula is C16H25NO3S. The molecule has 118 valence electrons. The second-order valence-electron chi connectivity index (χ2n) is 5.31. The lowest BCUT2D eigenvalue weighted by Crippen LogP contribution is -2.17. The fraction of sp³-hybridized carbons (Fsp3) is 0.625. The molecule has 1 aliphatic heterocycles. The van der Waals surface area contributed by atoms with Crippen LogP contribution in [0.3, 0.4) is 0 Å². The molecule has 0 spiro atoms. The van der Waals surface area contributed by atoms with E-state index < -0.39 is 10.8 Å². The fourth-order valence-corrected chi connectivity index (χ4v) is 3.91. The summed E-state index contributed by atoms with van der Waals surface area (Å²) >= 11 is 0. The predicted octanol–water partition coefficient (Wildman–Crippen LogP) is 2.23. The molecule has 1 aliphatic rings. The molecule has 0 aromatic heterocycles. The van der Waals surface area contributed by atoms with E-state index in [4.69, 9.17) is 9.47 Å². The van der Waals surface area contributed by atoms with E-state index in [1.165, 1.54) is 5.56 Å². The summed E-state index contributed by atoms with van der Waals surface area (Å²) in [5.74, 6) is 1.97. The van der Waals surface area contributed by atoms with Crippen LogP contribution in [0.25, 0.3) is 0 Å². The maximum Gasteiger partial charge on any atom is 0.123 e. The van der Waals surface area contributed by atoms with Crippen LogP contribution in [0.4, 0.5) is 0 Å². The minimum Gasteiger partial charge on any atom is -0.496 e. The van der Waals surface area contributed by atoms with Crippen LogP contribution in [0.1, 0.15) is 30.9 Å². The van der Waals surface area contributed by atoms with Gasteiger partial charge in [-0.05, 0) is 37.1 Å². The molecule has 0 aliphatic carbocycles. The zero-order valence-electron chi connectivity index (χ0n) is 12.9. The highest BCUT2D eigenvalue weighted by Gasteiger charge is 2.19. The van der Waals surface area contributed by atoms with E-state index in [1.807, 2.05) is 12.1 Å². The van der Waals surface area contributed by atoms with Gasteiger partial charge in [0.25, 0.3) is 0 Å². The number of benzene rings is 1. The quantitative estimate of drug-likeness (QED) is 0.800. The van der Waals surface area contributed by atoms with Crippen LogP contribution in [0.2, 0.25) is 0 Å². The number of hydrogen-bond donors (Lipinski definition) is 1. The molecule has 5 heteroatoms. The van der Waals surface area contributed by atoms with Gasteiger partial charge in [-0.15, -0.1) is 0 Å². The molecule has 1 heterocycles. The molecule has 0 amide bonds. The zero-order chi connectivity index (χ0) is 15.1. The van der Waals surface area contributed by atoms with Gasteiger partial charge < -0.3 is 14.8 Å². The first-order valence-corrected chi connectivity index (χ1v) is 9.04. The standard InChI is InChI=1S/C16H25NO3S/c1-3-17-10-13-6-7-16(19-2)14(9-13)11-21(18)12-15-5-4-8-20-15/h6-7,9,15,17H,3-5,8,10-12H2,1-2H3. The Kier molecular flexibility index (Phi) is 6.67. The Balaban J connectivity index is 2.00. The van der Waals surface area contributed by atoms with Crippen molar-refractivity contribution in [1.82, 2.24) is 5.32 Å². The van der Waals surface area contributed by atoms with Crippen LogP contribution in [0, 0.1) is 0 Å². The van der Waals surface area contributed by atoms with E-state index in [9.17, 15) is 4.21 Å². The molecule has 2 atom stereocenters. The van der Waals surface area contributed by atoms with Crippen LogP contribution in [-0.4, -0.2) is 36.3 Å². The van der Waals surface area contributed by atoms with Crippen molar-refractivity contribution >= 4 is 10.8 Å². The lowest BCUT2D eigenvalue weighted by Gasteiger charge is -2.13. The van der Waals surface area contributed by atoms with E-state index in [1.54, 1.807) is 7.11 Å². The maximum atomic E-state index is 12.3. The van der Waals surface area contributed by atoms with E-state index in [0.717, 1.165) is 43.9 Å². The van der Waals surface area contributed by atoms with Crippen molar-refractivity contribution < 1.29 is 13.7 Å². The zero-order valence-corrected chi connectivity index (χ0v) is 13.7. The van der Waals surface area contributed by atoms with E-state index in [-0.39, 0.29) is 6.10 Å². The molecule has 0 radical (unpaired) electrons. The lowest BCUT2D eigenvalue weighted by molar-refractivity contribution is 0.128. The number of nitrogens with one attached hydrogen (secondary N) is 1. The lowest BCUT2D eigenvalue weighted by atomic mass is 10.1. The summed E-state index contributed by atoms with van der Waals surface area (Å²) in [5, 5.41) is 3.30. The molecule has 1 saturated heterocycles. The number of rotatable bonds is 8. The van der Waals surface area contributed by atoms with Gasteiger partial charge in [0.2, 0.25) is 0 Å². The van der Waals surface area contributed by atoms with Gasteiger partial charge in [-0.1, -0.05) is 13.0 Å². The van der Waals surface area contributed by atoms with Crippen molar-refractivity contribution in [3.8, 4) is 5.75 Å². The summed E-state index contributed by atoms with van der Waals surface area (Å²) < 4.78 is 23.3. The first kappa shape index (κ1) is 16.5. The third kappa shape index (κ3) is 5.09. The largest absolute Gasteiger partial charge is 0.496 e. The van der Waals surface area contributed by atoms with E-state index in [2.05, 4.69) is 18.3 Å². The first-order valence-electron chi connectivity index (χ1n) is 7.56. The van der Waals surface area contributed by atoms with Gasteiger partial charge in [-0.2, -0.15) is 0 Å². The van der Waals surface area contributed by atoms with Gasteiger partial charge in [0, 0.05) is 29.5 Å². The topological polar surface area (TPSA) is 47.6 Å². The summed E-state index contributed by atoms with van der Waals surface area (Å²) in [7, 11) is 0.746. The average Bonchev–Trinajstić information content (AvgIpc) is 2.98. The average molecular weight is 311 g/mol. The molecule has 1 N–H and O–H groups in total. The smallest absolute Gasteiger partial charge is 0.123 e. The number of methoxy groups -OCH3 is 1. The van der Waals surface area contributed by atoms with Crippen molar-refractivity contribution in [2.45, 2.75) is 38.2 Å². The van der Waals surface area contributed by atoms with Crippen molar-refractivity contribution in [1.29, 1.82) is 0 Å². The maximum absolute atomic E-state index is 12.3. The Morgan fingerprint density at radius 3 is 3.00 bits per heavy atom. The highest BCUT2D eigenvalue weighted by atomic mass is 32.2.